The first-order valence-electron chi connectivity index (χ1n) is 8.35. The zero-order chi connectivity index (χ0) is 17.2. The number of hydrogen-bond donors (Lipinski definition) is 1. The van der Waals surface area contributed by atoms with Gasteiger partial charge in [0.1, 0.15) is 11.9 Å². The largest absolute Gasteiger partial charge is 0.354 e. The molecule has 5 heteroatoms. The van der Waals surface area contributed by atoms with Crippen LogP contribution in [-0.2, 0) is 16.1 Å². The predicted octanol–water partition coefficient (Wildman–Crippen LogP) is 3.26. The Morgan fingerprint density at radius 3 is 2.30 bits per heavy atom. The summed E-state index contributed by atoms with van der Waals surface area (Å²) < 4.78 is 13.1. The van der Waals surface area contributed by atoms with E-state index in [2.05, 4.69) is 5.32 Å². The molecule has 0 fully saturated rings. The fourth-order valence-corrected chi connectivity index (χ4v) is 2.43. The zero-order valence-electron chi connectivity index (χ0n) is 14.3. The summed E-state index contributed by atoms with van der Waals surface area (Å²) in [5.41, 5.74) is 0.817. The molecule has 1 rings (SSSR count). The Morgan fingerprint density at radius 1 is 1.13 bits per heavy atom. The molecule has 1 atom stereocenters. The monoisotopic (exact) mass is 322 g/mol. The third-order valence-electron chi connectivity index (χ3n) is 3.67. The maximum atomic E-state index is 13.1. The third-order valence-corrected chi connectivity index (χ3v) is 3.67. The van der Waals surface area contributed by atoms with Gasteiger partial charge in [0, 0.05) is 19.5 Å². The molecule has 0 bridgehead atoms. The minimum atomic E-state index is -0.495. The first-order valence-corrected chi connectivity index (χ1v) is 8.35. The zero-order valence-corrected chi connectivity index (χ0v) is 14.3. The maximum Gasteiger partial charge on any atom is 0.242 e. The number of amides is 2. The molecule has 4 nitrogen and oxygen atoms in total. The van der Waals surface area contributed by atoms with E-state index in [4.69, 9.17) is 0 Å². The van der Waals surface area contributed by atoms with Crippen molar-refractivity contribution in [3.8, 4) is 0 Å². The van der Waals surface area contributed by atoms with Gasteiger partial charge in [-0.05, 0) is 37.0 Å². The van der Waals surface area contributed by atoms with E-state index in [1.54, 1.807) is 17.0 Å². The minimum Gasteiger partial charge on any atom is -0.354 e. The van der Waals surface area contributed by atoms with Crippen LogP contribution in [0.5, 0.6) is 0 Å². The number of carbonyl (C=O) groups excluding carboxylic acids is 2. The Balaban J connectivity index is 2.94. The fourth-order valence-electron chi connectivity index (χ4n) is 2.43. The fraction of sp³-hybridized carbons (Fsp3) is 0.556. The highest BCUT2D eigenvalue weighted by Crippen LogP contribution is 2.14. The topological polar surface area (TPSA) is 49.4 Å². The summed E-state index contributed by atoms with van der Waals surface area (Å²) in [6.45, 7) is 6.73. The highest BCUT2D eigenvalue weighted by atomic mass is 19.1. The van der Waals surface area contributed by atoms with Gasteiger partial charge in [-0.3, -0.25) is 9.59 Å². The third kappa shape index (κ3) is 6.00. The van der Waals surface area contributed by atoms with Crippen molar-refractivity contribution in [2.75, 3.05) is 6.54 Å². The van der Waals surface area contributed by atoms with E-state index in [-0.39, 0.29) is 17.6 Å². The van der Waals surface area contributed by atoms with Gasteiger partial charge in [-0.15, -0.1) is 0 Å². The molecule has 23 heavy (non-hydrogen) atoms. The van der Waals surface area contributed by atoms with Crippen molar-refractivity contribution in [1.82, 2.24) is 10.2 Å². The first-order chi connectivity index (χ1) is 11.0. The van der Waals surface area contributed by atoms with Crippen molar-refractivity contribution in [2.45, 2.75) is 59.0 Å². The molecule has 0 aliphatic carbocycles. The molecule has 0 aliphatic rings. The molecule has 0 aromatic heterocycles. The molecule has 1 N–H and O–H groups in total. The van der Waals surface area contributed by atoms with E-state index < -0.39 is 6.04 Å². The quantitative estimate of drug-likeness (QED) is 0.758. The highest BCUT2D eigenvalue weighted by Gasteiger charge is 2.27. The van der Waals surface area contributed by atoms with Crippen molar-refractivity contribution in [3.63, 3.8) is 0 Å². The van der Waals surface area contributed by atoms with Crippen molar-refractivity contribution in [1.29, 1.82) is 0 Å². The molecule has 0 aliphatic heterocycles. The number of nitrogens with zero attached hydrogens (tertiary/aromatic N) is 1. The van der Waals surface area contributed by atoms with E-state index in [9.17, 15) is 14.0 Å². The van der Waals surface area contributed by atoms with E-state index in [1.165, 1.54) is 12.1 Å². The van der Waals surface area contributed by atoms with Crippen LogP contribution in [0.15, 0.2) is 24.3 Å². The molecule has 128 valence electrons. The molecule has 0 saturated carbocycles. The van der Waals surface area contributed by atoms with Gasteiger partial charge >= 0.3 is 0 Å². The summed E-state index contributed by atoms with van der Waals surface area (Å²) in [5, 5.41) is 2.86. The van der Waals surface area contributed by atoms with Gasteiger partial charge in [0.05, 0.1) is 0 Å². The van der Waals surface area contributed by atoms with Crippen LogP contribution in [0.3, 0.4) is 0 Å². The molecule has 1 aromatic rings. The molecule has 0 heterocycles. The van der Waals surface area contributed by atoms with Gasteiger partial charge in [-0.2, -0.15) is 0 Å². The lowest BCUT2D eigenvalue weighted by atomic mass is 10.1. The molecule has 1 aromatic carbocycles. The minimum absolute atomic E-state index is 0.0460. The summed E-state index contributed by atoms with van der Waals surface area (Å²) in [5.74, 6) is -0.482. The average Bonchev–Trinajstić information content (AvgIpc) is 2.54. The Bertz CT molecular complexity index is 502. The van der Waals surface area contributed by atoms with Crippen molar-refractivity contribution < 1.29 is 14.0 Å². The Labute approximate surface area is 138 Å². The molecule has 0 saturated heterocycles. The normalized spacial score (nSPS) is 11.8. The van der Waals surface area contributed by atoms with Crippen molar-refractivity contribution in [3.05, 3.63) is 35.6 Å². The molecule has 1 unspecified atom stereocenters. The molecular formula is C18H27FN2O2. The van der Waals surface area contributed by atoms with Gasteiger partial charge in [0.15, 0.2) is 0 Å². The Morgan fingerprint density at radius 2 is 1.78 bits per heavy atom. The van der Waals surface area contributed by atoms with Crippen LogP contribution in [-0.4, -0.2) is 29.3 Å². The second kappa shape index (κ2) is 9.98. The van der Waals surface area contributed by atoms with Crippen LogP contribution < -0.4 is 5.32 Å². The lowest BCUT2D eigenvalue weighted by Gasteiger charge is -2.30. The lowest BCUT2D eigenvalue weighted by molar-refractivity contribution is -0.141. The van der Waals surface area contributed by atoms with Gasteiger partial charge in [0.25, 0.3) is 0 Å². The van der Waals surface area contributed by atoms with Crippen molar-refractivity contribution >= 4 is 11.8 Å². The predicted molar refractivity (Wildman–Crippen MR) is 89.2 cm³/mol. The summed E-state index contributed by atoms with van der Waals surface area (Å²) in [4.78, 5) is 26.4. The smallest absolute Gasteiger partial charge is 0.242 e. The first kappa shape index (κ1) is 19.1. The van der Waals surface area contributed by atoms with Gasteiger partial charge < -0.3 is 10.2 Å². The van der Waals surface area contributed by atoms with Crippen LogP contribution >= 0.6 is 0 Å². The van der Waals surface area contributed by atoms with Crippen LogP contribution in [0.25, 0.3) is 0 Å². The van der Waals surface area contributed by atoms with E-state index >= 15 is 0 Å². The second-order valence-corrected chi connectivity index (χ2v) is 5.61. The van der Waals surface area contributed by atoms with Crippen molar-refractivity contribution in [2.24, 2.45) is 0 Å². The summed E-state index contributed by atoms with van der Waals surface area (Å²) >= 11 is 0. The van der Waals surface area contributed by atoms with E-state index in [1.807, 2.05) is 20.8 Å². The number of rotatable bonds is 9. The Hall–Kier alpha value is -1.91. The maximum absolute atomic E-state index is 13.1. The molecular weight excluding hydrogens is 295 g/mol. The molecule has 0 radical (unpaired) electrons. The van der Waals surface area contributed by atoms with E-state index in [0.29, 0.717) is 25.9 Å². The van der Waals surface area contributed by atoms with Crippen LogP contribution in [0, 0.1) is 5.82 Å². The van der Waals surface area contributed by atoms with Gasteiger partial charge in [-0.25, -0.2) is 4.39 Å². The second-order valence-electron chi connectivity index (χ2n) is 5.61. The molecule has 2 amide bonds. The van der Waals surface area contributed by atoms with E-state index in [0.717, 1.165) is 18.4 Å². The standard InChI is InChI=1S/C18H27FN2O2/c1-4-7-17(22)21(13-14-8-10-15(19)11-9-14)16(6-3)18(23)20-12-5-2/h8-11,16H,4-7,12-13H2,1-3H3,(H,20,23). The highest BCUT2D eigenvalue weighted by molar-refractivity contribution is 5.87. The summed E-state index contributed by atoms with van der Waals surface area (Å²) in [6.07, 6.45) is 2.53. The SMILES string of the molecule is CCCNC(=O)C(CC)N(Cc1ccc(F)cc1)C(=O)CCC. The molecule has 0 spiro atoms. The van der Waals surface area contributed by atoms with Gasteiger partial charge in [-0.1, -0.05) is 32.9 Å². The number of nitrogens with one attached hydrogen (secondary N) is 1. The number of halogens is 1. The average molecular weight is 322 g/mol. The van der Waals surface area contributed by atoms with Crippen LogP contribution in [0.1, 0.15) is 52.0 Å². The number of carbonyl (C=O) groups is 2. The van der Waals surface area contributed by atoms with Gasteiger partial charge in [0.2, 0.25) is 11.8 Å². The van der Waals surface area contributed by atoms with Crippen LogP contribution in [0.4, 0.5) is 4.39 Å². The lowest BCUT2D eigenvalue weighted by Crippen LogP contribution is -2.49. The Kier molecular flexibility index (Phi) is 8.30. The summed E-state index contributed by atoms with van der Waals surface area (Å²) in [6, 6.07) is 5.55. The summed E-state index contributed by atoms with van der Waals surface area (Å²) in [7, 11) is 0. The number of benzene rings is 1. The van der Waals surface area contributed by atoms with Crippen LogP contribution in [0.2, 0.25) is 0 Å². The number of hydrogen-bond acceptors (Lipinski definition) is 2.